The maximum Gasteiger partial charge on any atom is 0.0897 e. The molecule has 0 spiro atoms. The zero-order valence-electron chi connectivity index (χ0n) is 13.3. The van der Waals surface area contributed by atoms with Gasteiger partial charge in [0, 0.05) is 12.6 Å². The summed E-state index contributed by atoms with van der Waals surface area (Å²) in [4.78, 5) is 0. The Balaban J connectivity index is 3.40. The second kappa shape index (κ2) is 11.6. The minimum atomic E-state index is -0.444. The molecule has 0 saturated heterocycles. The SMILES string of the molecule is CC(C)CC[C@H](C)NC[C@H](O)COCCOC(C)C. The first-order valence-corrected chi connectivity index (χ1v) is 7.52. The van der Waals surface area contributed by atoms with Crippen LogP contribution in [0.5, 0.6) is 0 Å². The number of aliphatic hydroxyl groups is 1. The first-order valence-electron chi connectivity index (χ1n) is 7.52. The molecule has 4 nitrogen and oxygen atoms in total. The van der Waals surface area contributed by atoms with Gasteiger partial charge in [-0.15, -0.1) is 0 Å². The zero-order chi connectivity index (χ0) is 14.7. The van der Waals surface area contributed by atoms with Gasteiger partial charge in [0.05, 0.1) is 32.0 Å². The first-order chi connectivity index (χ1) is 8.91. The van der Waals surface area contributed by atoms with Crippen LogP contribution in [0.2, 0.25) is 0 Å². The number of hydrogen-bond acceptors (Lipinski definition) is 4. The van der Waals surface area contributed by atoms with Crippen molar-refractivity contribution in [2.45, 2.75) is 65.7 Å². The second-order valence-electron chi connectivity index (χ2n) is 5.93. The molecule has 4 heteroatoms. The third-order valence-corrected chi connectivity index (χ3v) is 2.87. The van der Waals surface area contributed by atoms with E-state index in [2.05, 4.69) is 26.1 Å². The van der Waals surface area contributed by atoms with Crippen LogP contribution in [-0.4, -0.2) is 49.7 Å². The van der Waals surface area contributed by atoms with Crippen LogP contribution in [0.15, 0.2) is 0 Å². The summed E-state index contributed by atoms with van der Waals surface area (Å²) in [5, 5.41) is 13.1. The highest BCUT2D eigenvalue weighted by molar-refractivity contribution is 4.65. The Morgan fingerprint density at radius 3 is 2.26 bits per heavy atom. The van der Waals surface area contributed by atoms with Gasteiger partial charge in [-0.3, -0.25) is 0 Å². The lowest BCUT2D eigenvalue weighted by molar-refractivity contribution is -0.0104. The molecule has 2 atom stereocenters. The molecule has 0 bridgehead atoms. The highest BCUT2D eigenvalue weighted by atomic mass is 16.5. The van der Waals surface area contributed by atoms with Gasteiger partial charge in [0.2, 0.25) is 0 Å². The third kappa shape index (κ3) is 14.1. The molecule has 0 heterocycles. The van der Waals surface area contributed by atoms with Gasteiger partial charge in [-0.2, -0.15) is 0 Å². The molecule has 0 aromatic rings. The molecule has 0 aliphatic heterocycles. The van der Waals surface area contributed by atoms with Crippen molar-refractivity contribution in [2.24, 2.45) is 5.92 Å². The zero-order valence-corrected chi connectivity index (χ0v) is 13.3. The van der Waals surface area contributed by atoms with E-state index in [1.165, 1.54) is 6.42 Å². The molecule has 0 aliphatic carbocycles. The van der Waals surface area contributed by atoms with Crippen molar-refractivity contribution in [3.8, 4) is 0 Å². The van der Waals surface area contributed by atoms with E-state index in [1.807, 2.05) is 13.8 Å². The van der Waals surface area contributed by atoms with E-state index in [0.717, 1.165) is 12.3 Å². The van der Waals surface area contributed by atoms with Crippen molar-refractivity contribution in [3.63, 3.8) is 0 Å². The quantitative estimate of drug-likeness (QED) is 0.536. The highest BCUT2D eigenvalue weighted by Gasteiger charge is 2.08. The van der Waals surface area contributed by atoms with Crippen LogP contribution in [0.3, 0.4) is 0 Å². The summed E-state index contributed by atoms with van der Waals surface area (Å²) >= 11 is 0. The number of hydrogen-bond donors (Lipinski definition) is 2. The van der Waals surface area contributed by atoms with Crippen LogP contribution in [0.1, 0.15) is 47.5 Å². The van der Waals surface area contributed by atoms with Crippen molar-refractivity contribution < 1.29 is 14.6 Å². The van der Waals surface area contributed by atoms with Gasteiger partial charge in [-0.25, -0.2) is 0 Å². The minimum absolute atomic E-state index is 0.233. The van der Waals surface area contributed by atoms with E-state index in [4.69, 9.17) is 9.47 Å². The fraction of sp³-hybridized carbons (Fsp3) is 1.00. The monoisotopic (exact) mass is 275 g/mol. The number of ether oxygens (including phenoxy) is 2. The van der Waals surface area contributed by atoms with Crippen LogP contribution in [0, 0.1) is 5.92 Å². The molecule has 0 saturated carbocycles. The van der Waals surface area contributed by atoms with Gasteiger partial charge < -0.3 is 19.9 Å². The predicted molar refractivity (Wildman–Crippen MR) is 79.5 cm³/mol. The first kappa shape index (κ1) is 18.8. The maximum absolute atomic E-state index is 9.76. The molecule has 0 amide bonds. The van der Waals surface area contributed by atoms with Crippen molar-refractivity contribution in [2.75, 3.05) is 26.4 Å². The lowest BCUT2D eigenvalue weighted by Crippen LogP contribution is -2.36. The van der Waals surface area contributed by atoms with E-state index in [1.54, 1.807) is 0 Å². The average molecular weight is 275 g/mol. The minimum Gasteiger partial charge on any atom is -0.389 e. The van der Waals surface area contributed by atoms with Crippen molar-refractivity contribution in [1.82, 2.24) is 5.32 Å². The average Bonchev–Trinajstić information content (AvgIpc) is 2.33. The molecule has 0 aromatic carbocycles. The number of nitrogens with one attached hydrogen (secondary N) is 1. The summed E-state index contributed by atoms with van der Waals surface area (Å²) in [5.74, 6) is 0.735. The summed E-state index contributed by atoms with van der Waals surface area (Å²) in [6.07, 6.45) is 2.15. The Bertz CT molecular complexity index is 198. The van der Waals surface area contributed by atoms with Crippen LogP contribution < -0.4 is 5.32 Å². The van der Waals surface area contributed by atoms with E-state index in [0.29, 0.717) is 32.4 Å². The van der Waals surface area contributed by atoms with Gasteiger partial charge in [0.15, 0.2) is 0 Å². The van der Waals surface area contributed by atoms with Gasteiger partial charge in [-0.1, -0.05) is 13.8 Å². The Labute approximate surface area is 118 Å². The second-order valence-corrected chi connectivity index (χ2v) is 5.93. The standard InChI is InChI=1S/C15H33NO3/c1-12(2)6-7-14(5)16-10-15(17)11-18-8-9-19-13(3)4/h12-17H,6-11H2,1-5H3/t14-,15-/m0/s1. The van der Waals surface area contributed by atoms with Crippen LogP contribution >= 0.6 is 0 Å². The van der Waals surface area contributed by atoms with Gasteiger partial charge in [-0.05, 0) is 39.5 Å². The summed E-state index contributed by atoms with van der Waals surface area (Å²) in [6, 6.07) is 0.446. The molecular formula is C15H33NO3. The lowest BCUT2D eigenvalue weighted by atomic mass is 10.0. The highest BCUT2D eigenvalue weighted by Crippen LogP contribution is 2.06. The summed E-state index contributed by atoms with van der Waals surface area (Å²) in [7, 11) is 0. The Kier molecular flexibility index (Phi) is 11.6. The molecule has 19 heavy (non-hydrogen) atoms. The van der Waals surface area contributed by atoms with Crippen LogP contribution in [0.4, 0.5) is 0 Å². The molecule has 0 unspecified atom stereocenters. The molecular weight excluding hydrogens is 242 g/mol. The van der Waals surface area contributed by atoms with Crippen molar-refractivity contribution in [3.05, 3.63) is 0 Å². The van der Waals surface area contributed by atoms with Gasteiger partial charge in [0.25, 0.3) is 0 Å². The predicted octanol–water partition coefficient (Wildman–Crippen LogP) is 2.20. The van der Waals surface area contributed by atoms with E-state index in [-0.39, 0.29) is 6.10 Å². The molecule has 0 radical (unpaired) electrons. The normalized spacial score (nSPS) is 15.2. The van der Waals surface area contributed by atoms with Crippen LogP contribution in [0.25, 0.3) is 0 Å². The van der Waals surface area contributed by atoms with Crippen molar-refractivity contribution >= 4 is 0 Å². The maximum atomic E-state index is 9.76. The van der Waals surface area contributed by atoms with Crippen molar-refractivity contribution in [1.29, 1.82) is 0 Å². The lowest BCUT2D eigenvalue weighted by Gasteiger charge is -2.18. The number of aliphatic hydroxyl groups excluding tert-OH is 1. The molecule has 0 aliphatic rings. The Morgan fingerprint density at radius 1 is 1.00 bits per heavy atom. The largest absolute Gasteiger partial charge is 0.389 e. The van der Waals surface area contributed by atoms with E-state index < -0.39 is 6.10 Å². The summed E-state index contributed by atoms with van der Waals surface area (Å²) in [6.45, 7) is 12.7. The fourth-order valence-electron chi connectivity index (χ4n) is 1.64. The smallest absolute Gasteiger partial charge is 0.0897 e. The third-order valence-electron chi connectivity index (χ3n) is 2.87. The Morgan fingerprint density at radius 2 is 1.68 bits per heavy atom. The van der Waals surface area contributed by atoms with E-state index >= 15 is 0 Å². The fourth-order valence-corrected chi connectivity index (χ4v) is 1.64. The molecule has 0 aromatic heterocycles. The summed E-state index contributed by atoms with van der Waals surface area (Å²) in [5.41, 5.74) is 0. The molecule has 2 N–H and O–H groups in total. The number of rotatable bonds is 12. The molecule has 0 fully saturated rings. The Hall–Kier alpha value is -0.160. The topological polar surface area (TPSA) is 50.7 Å². The van der Waals surface area contributed by atoms with Gasteiger partial charge in [0.1, 0.15) is 0 Å². The molecule has 0 rings (SSSR count). The van der Waals surface area contributed by atoms with Crippen LogP contribution in [-0.2, 0) is 9.47 Å². The van der Waals surface area contributed by atoms with E-state index in [9.17, 15) is 5.11 Å². The molecule has 116 valence electrons. The summed E-state index contributed by atoms with van der Waals surface area (Å²) < 4.78 is 10.7. The van der Waals surface area contributed by atoms with Gasteiger partial charge >= 0.3 is 0 Å².